The predicted molar refractivity (Wildman–Crippen MR) is 108 cm³/mol. The van der Waals surface area contributed by atoms with Crippen molar-refractivity contribution < 1.29 is 9.53 Å². The van der Waals surface area contributed by atoms with E-state index in [4.69, 9.17) is 21.6 Å². The van der Waals surface area contributed by atoms with Gasteiger partial charge in [0.15, 0.2) is 0 Å². The summed E-state index contributed by atoms with van der Waals surface area (Å²) in [6, 6.07) is 14.7. The van der Waals surface area contributed by atoms with Crippen LogP contribution >= 0.6 is 11.6 Å². The molecular weight excluding hydrogens is 360 g/mol. The van der Waals surface area contributed by atoms with E-state index in [2.05, 4.69) is 0 Å². The lowest BCUT2D eigenvalue weighted by molar-refractivity contribution is 0.0538. The number of piperidine rings is 1. The summed E-state index contributed by atoms with van der Waals surface area (Å²) in [5.74, 6) is 0.657. The molecule has 1 fully saturated rings. The lowest BCUT2D eigenvalue weighted by atomic mass is 10.1. The second-order valence-electron chi connectivity index (χ2n) is 6.25. The molecule has 5 heteroatoms. The summed E-state index contributed by atoms with van der Waals surface area (Å²) in [7, 11) is 0. The number of nitriles is 1. The van der Waals surface area contributed by atoms with Crippen LogP contribution in [0.4, 0.5) is 0 Å². The molecule has 1 aliphatic rings. The number of rotatable bonds is 3. The van der Waals surface area contributed by atoms with Crippen molar-refractivity contribution in [1.29, 1.82) is 5.26 Å². The van der Waals surface area contributed by atoms with Gasteiger partial charge >= 0.3 is 0 Å². The fourth-order valence-corrected chi connectivity index (χ4v) is 3.16. The molecule has 0 aliphatic carbocycles. The van der Waals surface area contributed by atoms with Gasteiger partial charge in [-0.3, -0.25) is 4.79 Å². The van der Waals surface area contributed by atoms with Crippen LogP contribution in [0.15, 0.2) is 42.5 Å². The van der Waals surface area contributed by atoms with Gasteiger partial charge in [-0.1, -0.05) is 43.1 Å². The number of ether oxygens (including phenoxy) is 1. The standard InChI is InChI=1S/C20H19ClN2O2.C2H6/c1-14-4-6-15(7-5-14)20(24)23-10-2-3-18(13-23)25-17-9-8-16(12-22)19(21)11-17;1-2/h4-9,11,18H,2-3,10,13H2,1H3;1-2H3. The first-order chi connectivity index (χ1) is 13.1. The van der Waals surface area contributed by atoms with Gasteiger partial charge in [0.25, 0.3) is 5.91 Å². The van der Waals surface area contributed by atoms with Gasteiger partial charge in [-0.05, 0) is 44.0 Å². The molecule has 27 heavy (non-hydrogen) atoms. The highest BCUT2D eigenvalue weighted by molar-refractivity contribution is 6.31. The molecular formula is C22H25ClN2O2. The van der Waals surface area contributed by atoms with Crippen molar-refractivity contribution in [3.8, 4) is 11.8 Å². The van der Waals surface area contributed by atoms with Crippen LogP contribution in [-0.4, -0.2) is 30.0 Å². The number of likely N-dealkylation sites (tertiary alicyclic amines) is 1. The molecule has 3 rings (SSSR count). The number of amides is 1. The zero-order valence-electron chi connectivity index (χ0n) is 16.0. The number of hydrogen-bond acceptors (Lipinski definition) is 3. The number of carbonyl (C=O) groups excluding carboxylic acids is 1. The van der Waals surface area contributed by atoms with E-state index in [0.717, 1.165) is 24.9 Å². The van der Waals surface area contributed by atoms with Crippen molar-refractivity contribution in [2.75, 3.05) is 13.1 Å². The zero-order chi connectivity index (χ0) is 19.8. The lowest BCUT2D eigenvalue weighted by Gasteiger charge is -2.33. The largest absolute Gasteiger partial charge is 0.489 e. The molecule has 0 saturated carbocycles. The fourth-order valence-electron chi connectivity index (χ4n) is 2.95. The summed E-state index contributed by atoms with van der Waals surface area (Å²) in [5.41, 5.74) is 2.26. The minimum atomic E-state index is -0.0767. The van der Waals surface area contributed by atoms with Gasteiger partial charge in [0.2, 0.25) is 0 Å². The lowest BCUT2D eigenvalue weighted by Crippen LogP contribution is -2.44. The second kappa shape index (κ2) is 9.99. The molecule has 1 aliphatic heterocycles. The fraction of sp³-hybridized carbons (Fsp3) is 0.364. The Bertz CT molecular complexity index is 812. The molecule has 4 nitrogen and oxygen atoms in total. The number of halogens is 1. The Morgan fingerprint density at radius 2 is 1.93 bits per heavy atom. The third-order valence-electron chi connectivity index (χ3n) is 4.33. The molecule has 2 aromatic carbocycles. The van der Waals surface area contributed by atoms with Crippen LogP contribution in [0.3, 0.4) is 0 Å². The van der Waals surface area contributed by atoms with Gasteiger partial charge < -0.3 is 9.64 Å². The molecule has 1 heterocycles. The molecule has 1 amide bonds. The van der Waals surface area contributed by atoms with E-state index in [9.17, 15) is 4.79 Å². The van der Waals surface area contributed by atoms with Crippen LogP contribution in [-0.2, 0) is 0 Å². The van der Waals surface area contributed by atoms with Gasteiger partial charge in [0.1, 0.15) is 17.9 Å². The Kier molecular flexibility index (Phi) is 7.69. The van der Waals surface area contributed by atoms with E-state index in [-0.39, 0.29) is 12.0 Å². The highest BCUT2D eigenvalue weighted by atomic mass is 35.5. The first kappa shape index (κ1) is 20.8. The van der Waals surface area contributed by atoms with Gasteiger partial charge in [-0.15, -0.1) is 0 Å². The Labute approximate surface area is 166 Å². The number of carbonyl (C=O) groups is 1. The van der Waals surface area contributed by atoms with E-state index in [0.29, 0.717) is 28.4 Å². The van der Waals surface area contributed by atoms with Crippen molar-refractivity contribution in [3.05, 3.63) is 64.2 Å². The van der Waals surface area contributed by atoms with Crippen LogP contribution in [0, 0.1) is 18.3 Å². The molecule has 1 unspecified atom stereocenters. The molecule has 142 valence electrons. The Balaban J connectivity index is 0.00000126. The number of benzene rings is 2. The molecule has 0 bridgehead atoms. The summed E-state index contributed by atoms with van der Waals surface area (Å²) < 4.78 is 5.98. The molecule has 0 N–H and O–H groups in total. The molecule has 0 aromatic heterocycles. The minimum absolute atomic E-state index is 0.0335. The number of nitrogens with zero attached hydrogens (tertiary/aromatic N) is 2. The van der Waals surface area contributed by atoms with Crippen molar-refractivity contribution >= 4 is 17.5 Å². The normalized spacial score (nSPS) is 16.0. The quantitative estimate of drug-likeness (QED) is 0.728. The topological polar surface area (TPSA) is 53.3 Å². The maximum atomic E-state index is 12.7. The van der Waals surface area contributed by atoms with E-state index >= 15 is 0 Å². The SMILES string of the molecule is CC.Cc1ccc(C(=O)N2CCCC(Oc3ccc(C#N)c(Cl)c3)C2)cc1. The Morgan fingerprint density at radius 3 is 2.56 bits per heavy atom. The number of hydrogen-bond donors (Lipinski definition) is 0. The Morgan fingerprint density at radius 1 is 1.22 bits per heavy atom. The maximum Gasteiger partial charge on any atom is 0.253 e. The second-order valence-corrected chi connectivity index (χ2v) is 6.66. The minimum Gasteiger partial charge on any atom is -0.489 e. The highest BCUT2D eigenvalue weighted by Gasteiger charge is 2.25. The molecule has 2 aromatic rings. The van der Waals surface area contributed by atoms with E-state index in [1.165, 1.54) is 0 Å². The van der Waals surface area contributed by atoms with Gasteiger partial charge in [0, 0.05) is 18.2 Å². The first-order valence-electron chi connectivity index (χ1n) is 9.29. The molecule has 1 saturated heterocycles. The van der Waals surface area contributed by atoms with Crippen LogP contribution in [0.5, 0.6) is 5.75 Å². The third kappa shape index (κ3) is 5.48. The molecule has 0 spiro atoms. The summed E-state index contributed by atoms with van der Waals surface area (Å²) in [6.07, 6.45) is 1.70. The van der Waals surface area contributed by atoms with Gasteiger partial charge in [0.05, 0.1) is 17.1 Å². The van der Waals surface area contributed by atoms with Crippen LogP contribution in [0.2, 0.25) is 5.02 Å². The van der Waals surface area contributed by atoms with Crippen LogP contribution in [0.25, 0.3) is 0 Å². The maximum absolute atomic E-state index is 12.7. The summed E-state index contributed by atoms with van der Waals surface area (Å²) in [5, 5.41) is 9.31. The van der Waals surface area contributed by atoms with Gasteiger partial charge in [-0.2, -0.15) is 5.26 Å². The summed E-state index contributed by atoms with van der Waals surface area (Å²) in [4.78, 5) is 14.5. The van der Waals surface area contributed by atoms with Crippen molar-refractivity contribution in [1.82, 2.24) is 4.90 Å². The number of aryl methyl sites for hydroxylation is 1. The average Bonchev–Trinajstić information content (AvgIpc) is 2.70. The van der Waals surface area contributed by atoms with E-state index in [1.54, 1.807) is 18.2 Å². The predicted octanol–water partition coefficient (Wildman–Crippen LogP) is 5.23. The third-order valence-corrected chi connectivity index (χ3v) is 4.64. The zero-order valence-corrected chi connectivity index (χ0v) is 16.8. The molecule has 0 radical (unpaired) electrons. The summed E-state index contributed by atoms with van der Waals surface area (Å²) in [6.45, 7) is 7.28. The van der Waals surface area contributed by atoms with Crippen LogP contribution < -0.4 is 4.74 Å². The van der Waals surface area contributed by atoms with E-state index in [1.807, 2.05) is 56.0 Å². The Hall–Kier alpha value is -2.51. The van der Waals surface area contributed by atoms with Crippen LogP contribution in [0.1, 0.15) is 48.2 Å². The van der Waals surface area contributed by atoms with Crippen molar-refractivity contribution in [3.63, 3.8) is 0 Å². The first-order valence-corrected chi connectivity index (χ1v) is 9.67. The smallest absolute Gasteiger partial charge is 0.253 e. The van der Waals surface area contributed by atoms with E-state index < -0.39 is 0 Å². The van der Waals surface area contributed by atoms with Gasteiger partial charge in [-0.25, -0.2) is 0 Å². The van der Waals surface area contributed by atoms with Crippen molar-refractivity contribution in [2.24, 2.45) is 0 Å². The summed E-state index contributed by atoms with van der Waals surface area (Å²) >= 11 is 6.05. The van der Waals surface area contributed by atoms with Crippen molar-refractivity contribution in [2.45, 2.75) is 39.7 Å². The molecule has 1 atom stereocenters. The average molecular weight is 385 g/mol. The monoisotopic (exact) mass is 384 g/mol. The highest BCUT2D eigenvalue weighted by Crippen LogP contribution is 2.25.